The maximum atomic E-state index is 12.9. The molecular weight excluding hydrogens is 562 g/mol. The van der Waals surface area contributed by atoms with Crippen molar-refractivity contribution in [2.45, 2.75) is 32.7 Å². The molecule has 14 heteroatoms. The topological polar surface area (TPSA) is 167 Å². The molecule has 4 N–H and O–H groups in total. The zero-order valence-electron chi connectivity index (χ0n) is 23.8. The van der Waals surface area contributed by atoms with Gasteiger partial charge in [-0.15, -0.1) is 0 Å². The van der Waals surface area contributed by atoms with Crippen molar-refractivity contribution in [2.75, 3.05) is 44.2 Å². The van der Waals surface area contributed by atoms with Crippen molar-refractivity contribution in [1.29, 1.82) is 0 Å². The van der Waals surface area contributed by atoms with E-state index in [1.807, 2.05) is 13.0 Å². The summed E-state index contributed by atoms with van der Waals surface area (Å²) in [6.45, 7) is 3.97. The number of carbonyl (C=O) groups excluding carboxylic acids is 2. The van der Waals surface area contributed by atoms with Crippen LogP contribution < -0.4 is 30.6 Å². The van der Waals surface area contributed by atoms with E-state index in [1.165, 1.54) is 39.6 Å². The van der Waals surface area contributed by atoms with E-state index in [4.69, 9.17) is 24.5 Å². The van der Waals surface area contributed by atoms with E-state index in [2.05, 4.69) is 25.8 Å². The zero-order valence-corrected chi connectivity index (χ0v) is 24.6. The van der Waals surface area contributed by atoms with Gasteiger partial charge in [-0.2, -0.15) is 4.98 Å². The number of amides is 2. The maximum absolute atomic E-state index is 12.9. The highest BCUT2D eigenvalue weighted by molar-refractivity contribution is 7.19. The lowest BCUT2D eigenvalue weighted by atomic mass is 10.1. The number of aromatic nitrogens is 3. The minimum atomic E-state index is -0.485. The molecule has 1 atom stereocenters. The predicted molar refractivity (Wildman–Crippen MR) is 158 cm³/mol. The predicted octanol–water partition coefficient (Wildman–Crippen LogP) is 4.47. The molecule has 4 aromatic rings. The van der Waals surface area contributed by atoms with Gasteiger partial charge in [0.05, 0.1) is 21.3 Å². The first kappa shape index (κ1) is 28.7. The van der Waals surface area contributed by atoms with Crippen molar-refractivity contribution in [3.8, 4) is 39.4 Å². The van der Waals surface area contributed by atoms with E-state index in [9.17, 15) is 9.59 Å². The second kappa shape index (κ2) is 11.9. The first-order valence-electron chi connectivity index (χ1n) is 13.1. The van der Waals surface area contributed by atoms with Crippen molar-refractivity contribution < 1.29 is 28.3 Å². The molecule has 220 valence electrons. The van der Waals surface area contributed by atoms with E-state index < -0.39 is 6.04 Å². The average molecular weight is 594 g/mol. The van der Waals surface area contributed by atoms with Gasteiger partial charge < -0.3 is 40.0 Å². The fourth-order valence-electron chi connectivity index (χ4n) is 4.82. The highest BCUT2D eigenvalue weighted by Gasteiger charge is 2.32. The number of likely N-dealkylation sites (tertiary alicyclic amines) is 1. The van der Waals surface area contributed by atoms with Crippen LogP contribution >= 0.6 is 11.3 Å². The third-order valence-corrected chi connectivity index (χ3v) is 7.87. The molecule has 5 rings (SSSR count). The molecule has 0 spiro atoms. The van der Waals surface area contributed by atoms with Crippen molar-refractivity contribution in [1.82, 2.24) is 20.0 Å². The Balaban J connectivity index is 1.36. The third kappa shape index (κ3) is 5.65. The molecule has 2 aromatic heterocycles. The number of carbonyl (C=O) groups is 2. The molecule has 1 fully saturated rings. The number of nitrogens with zero attached hydrogens (tertiary/aromatic N) is 4. The van der Waals surface area contributed by atoms with E-state index in [0.29, 0.717) is 63.0 Å². The highest BCUT2D eigenvalue weighted by atomic mass is 32.1. The third-order valence-electron chi connectivity index (χ3n) is 6.90. The van der Waals surface area contributed by atoms with Crippen LogP contribution in [0, 0.1) is 6.92 Å². The molecule has 1 saturated heterocycles. The van der Waals surface area contributed by atoms with Gasteiger partial charge in [0.25, 0.3) is 5.89 Å². The Kier molecular flexibility index (Phi) is 8.15. The second-order valence-corrected chi connectivity index (χ2v) is 10.6. The fraction of sp³-hybridized carbons (Fsp3) is 0.321. The van der Waals surface area contributed by atoms with Crippen LogP contribution in [-0.2, 0) is 9.59 Å². The van der Waals surface area contributed by atoms with Crippen LogP contribution in [0.1, 0.15) is 25.3 Å². The minimum absolute atomic E-state index is 0.110. The van der Waals surface area contributed by atoms with Crippen LogP contribution in [-0.4, -0.2) is 65.8 Å². The number of anilines is 4. The molecule has 2 amide bonds. The summed E-state index contributed by atoms with van der Waals surface area (Å²) in [5.74, 6) is 1.86. The summed E-state index contributed by atoms with van der Waals surface area (Å²) < 4.78 is 21.8. The summed E-state index contributed by atoms with van der Waals surface area (Å²) in [7, 11) is 4.61. The fourth-order valence-corrected chi connectivity index (χ4v) is 5.65. The number of rotatable bonds is 9. The Bertz CT molecular complexity index is 1610. The first-order chi connectivity index (χ1) is 20.2. The molecule has 0 aliphatic carbocycles. The van der Waals surface area contributed by atoms with Crippen LogP contribution in [0.25, 0.3) is 22.2 Å². The van der Waals surface area contributed by atoms with Gasteiger partial charge in [-0.25, -0.2) is 4.98 Å². The number of benzene rings is 2. The maximum Gasteiger partial charge on any atom is 0.272 e. The standard InChI is InChI=1S/C28H31N7O6S/c1-14-8-9-16(30-26(37)19-7-6-10-35(19)15(2)36)11-18(14)25-33-27(41-34-25)23-24(29)32-28(42-23)31-17-12-20(38-3)22(40-5)21(13-17)39-4/h8-9,11-13,19H,6-7,10,29H2,1-5H3,(H,30,37)(H,31,32). The normalized spacial score (nSPS) is 14.5. The first-order valence-corrected chi connectivity index (χ1v) is 13.9. The van der Waals surface area contributed by atoms with E-state index in [-0.39, 0.29) is 23.5 Å². The summed E-state index contributed by atoms with van der Waals surface area (Å²) in [6.07, 6.45) is 1.42. The van der Waals surface area contributed by atoms with Gasteiger partial charge in [-0.1, -0.05) is 22.6 Å². The molecule has 0 saturated carbocycles. The lowest BCUT2D eigenvalue weighted by Gasteiger charge is -2.22. The largest absolute Gasteiger partial charge is 0.493 e. The summed E-state index contributed by atoms with van der Waals surface area (Å²) in [5.41, 5.74) is 8.99. The molecule has 2 aromatic carbocycles. The van der Waals surface area contributed by atoms with Crippen LogP contribution in [0.5, 0.6) is 17.2 Å². The molecule has 1 aliphatic rings. The number of ether oxygens (including phenoxy) is 3. The lowest BCUT2D eigenvalue weighted by Crippen LogP contribution is -2.42. The molecule has 1 aliphatic heterocycles. The summed E-state index contributed by atoms with van der Waals surface area (Å²) in [6, 6.07) is 8.46. The number of nitrogen functional groups attached to an aromatic ring is 1. The Labute approximate surface area is 246 Å². The Morgan fingerprint density at radius 2 is 1.81 bits per heavy atom. The van der Waals surface area contributed by atoms with Gasteiger partial charge in [-0.05, 0) is 37.5 Å². The summed E-state index contributed by atoms with van der Waals surface area (Å²) in [4.78, 5) is 35.9. The Morgan fingerprint density at radius 3 is 2.48 bits per heavy atom. The summed E-state index contributed by atoms with van der Waals surface area (Å²) in [5, 5.41) is 10.8. The van der Waals surface area contributed by atoms with Crippen molar-refractivity contribution in [3.05, 3.63) is 35.9 Å². The Hall–Kier alpha value is -4.85. The SMILES string of the molecule is COc1cc(Nc2nc(N)c(-c3nc(-c4cc(NC(=O)C5CCCN5C(C)=O)ccc4C)no3)s2)cc(OC)c1OC. The van der Waals surface area contributed by atoms with Gasteiger partial charge >= 0.3 is 0 Å². The minimum Gasteiger partial charge on any atom is -0.493 e. The number of thiazole rings is 1. The van der Waals surface area contributed by atoms with Crippen molar-refractivity contribution >= 4 is 45.5 Å². The quantitative estimate of drug-likeness (QED) is 0.250. The van der Waals surface area contributed by atoms with Crippen molar-refractivity contribution in [3.63, 3.8) is 0 Å². The van der Waals surface area contributed by atoms with Crippen molar-refractivity contribution in [2.24, 2.45) is 0 Å². The monoisotopic (exact) mass is 593 g/mol. The van der Waals surface area contributed by atoms with E-state index in [1.54, 1.807) is 29.2 Å². The molecule has 1 unspecified atom stereocenters. The molecule has 0 bridgehead atoms. The van der Waals surface area contributed by atoms with Gasteiger partial charge in [0.15, 0.2) is 16.6 Å². The number of methoxy groups -OCH3 is 3. The molecule has 13 nitrogen and oxygen atoms in total. The van der Waals surface area contributed by atoms with Crippen LogP contribution in [0.3, 0.4) is 0 Å². The number of hydrogen-bond acceptors (Lipinski definition) is 12. The highest BCUT2D eigenvalue weighted by Crippen LogP contribution is 2.42. The average Bonchev–Trinajstić information content (AvgIpc) is 3.73. The van der Waals surface area contributed by atoms with E-state index >= 15 is 0 Å². The van der Waals surface area contributed by atoms with Crippen LogP contribution in [0.2, 0.25) is 0 Å². The Morgan fingerprint density at radius 1 is 1.07 bits per heavy atom. The van der Waals surface area contributed by atoms with Crippen LogP contribution in [0.15, 0.2) is 34.9 Å². The van der Waals surface area contributed by atoms with Gasteiger partial charge in [0.1, 0.15) is 16.7 Å². The number of nitrogens with one attached hydrogen (secondary N) is 2. The van der Waals surface area contributed by atoms with Gasteiger partial charge in [0, 0.05) is 42.5 Å². The zero-order chi connectivity index (χ0) is 30.0. The number of hydrogen-bond donors (Lipinski definition) is 3. The van der Waals surface area contributed by atoms with Gasteiger partial charge in [-0.3, -0.25) is 9.59 Å². The lowest BCUT2D eigenvalue weighted by molar-refractivity contribution is -0.134. The summed E-state index contributed by atoms with van der Waals surface area (Å²) >= 11 is 1.24. The molecule has 3 heterocycles. The molecular formula is C28H31N7O6S. The van der Waals surface area contributed by atoms with Crippen LogP contribution in [0.4, 0.5) is 22.3 Å². The smallest absolute Gasteiger partial charge is 0.272 e. The number of aryl methyl sites for hydroxylation is 1. The molecule has 42 heavy (non-hydrogen) atoms. The second-order valence-electron chi connectivity index (χ2n) is 9.58. The number of nitrogens with two attached hydrogens (primary N) is 1. The van der Waals surface area contributed by atoms with Gasteiger partial charge in [0.2, 0.25) is 23.4 Å². The van der Waals surface area contributed by atoms with E-state index in [0.717, 1.165) is 12.0 Å². The molecule has 0 radical (unpaired) electrons.